The number of hydrogen-bond donors (Lipinski definition) is 2. The van der Waals surface area contributed by atoms with E-state index in [0.29, 0.717) is 18.8 Å². The molecule has 1 aliphatic rings. The van der Waals surface area contributed by atoms with Crippen LogP contribution in [-0.2, 0) is 4.74 Å². The van der Waals surface area contributed by atoms with Crippen molar-refractivity contribution in [2.24, 2.45) is 10.4 Å². The summed E-state index contributed by atoms with van der Waals surface area (Å²) in [4.78, 5) is 17.8. The quantitative estimate of drug-likeness (QED) is 0.824. The molecular weight excluding hydrogens is 291 g/mol. The number of nitrogens with two attached hydrogens (primary N) is 1. The molecule has 3 N–H and O–H groups in total. The molecule has 0 atom stereocenters. The Kier molecular flexibility index (Phi) is 3.32. The van der Waals surface area contributed by atoms with E-state index in [2.05, 4.69) is 19.7 Å². The lowest BCUT2D eigenvalue weighted by molar-refractivity contribution is 0.167. The maximum absolute atomic E-state index is 14.0. The molecule has 0 spiro atoms. The fourth-order valence-electron chi connectivity index (χ4n) is 2.20. The van der Waals surface area contributed by atoms with Crippen molar-refractivity contribution < 1.29 is 13.7 Å². The average molecular weight is 306 g/mol. The van der Waals surface area contributed by atoms with E-state index in [4.69, 9.17) is 10.5 Å². The molecule has 7 nitrogen and oxygen atoms in total. The second kappa shape index (κ2) is 5.06. The van der Waals surface area contributed by atoms with Gasteiger partial charge in [0.15, 0.2) is 5.82 Å². The molecule has 0 saturated carbocycles. The van der Waals surface area contributed by atoms with Crippen LogP contribution in [0, 0.1) is 11.2 Å². The van der Waals surface area contributed by atoms with E-state index in [0.717, 1.165) is 5.71 Å². The first-order chi connectivity index (χ1) is 10.4. The summed E-state index contributed by atoms with van der Waals surface area (Å²) in [6.45, 7) is 4.90. The number of rotatable bonds is 2. The zero-order valence-corrected chi connectivity index (χ0v) is 12.1. The molecule has 1 saturated heterocycles. The fraction of sp³-hybridized carbons (Fsp3) is 0.357. The Bertz CT molecular complexity index is 807. The number of nitrogens with zero attached hydrogens (tertiary/aromatic N) is 2. The summed E-state index contributed by atoms with van der Waals surface area (Å²) in [5.74, 6) is -1.24. The molecule has 3 rings (SSSR count). The summed E-state index contributed by atoms with van der Waals surface area (Å²) < 4.78 is 23.8. The third kappa shape index (κ3) is 2.52. The van der Waals surface area contributed by atoms with Crippen LogP contribution in [0.3, 0.4) is 0 Å². The van der Waals surface area contributed by atoms with Crippen molar-refractivity contribution in [1.82, 2.24) is 10.1 Å². The summed E-state index contributed by atoms with van der Waals surface area (Å²) in [5.41, 5.74) is 6.84. The van der Waals surface area contributed by atoms with E-state index >= 15 is 0 Å². The molecule has 1 fully saturated rings. The van der Waals surface area contributed by atoms with Crippen LogP contribution in [0.4, 0.5) is 15.8 Å². The third-order valence-electron chi connectivity index (χ3n) is 3.56. The van der Waals surface area contributed by atoms with E-state index in [9.17, 15) is 9.18 Å². The molecule has 116 valence electrons. The van der Waals surface area contributed by atoms with Gasteiger partial charge in [0.05, 0.1) is 30.3 Å². The zero-order valence-electron chi connectivity index (χ0n) is 12.1. The summed E-state index contributed by atoms with van der Waals surface area (Å²) >= 11 is 0. The van der Waals surface area contributed by atoms with Gasteiger partial charge >= 0.3 is 5.76 Å². The van der Waals surface area contributed by atoms with Gasteiger partial charge in [-0.2, -0.15) is 0 Å². The van der Waals surface area contributed by atoms with E-state index in [1.165, 1.54) is 6.07 Å². The summed E-state index contributed by atoms with van der Waals surface area (Å²) in [7, 11) is 0. The van der Waals surface area contributed by atoms with Crippen molar-refractivity contribution in [2.45, 2.75) is 13.8 Å². The minimum absolute atomic E-state index is 0.0650. The molecule has 2 heterocycles. The van der Waals surface area contributed by atoms with Gasteiger partial charge in [-0.25, -0.2) is 9.18 Å². The second-order valence-corrected chi connectivity index (χ2v) is 5.77. The fourth-order valence-corrected chi connectivity index (χ4v) is 2.20. The second-order valence-electron chi connectivity index (χ2n) is 5.77. The SMILES string of the molecule is CC1(C)COCC1=Nc1cc(-c2noc(=O)[nH]2)cc(F)c1N. The van der Waals surface area contributed by atoms with Crippen molar-refractivity contribution in [3.05, 3.63) is 28.5 Å². The number of H-pyrrole nitrogens is 1. The van der Waals surface area contributed by atoms with Crippen LogP contribution in [-0.4, -0.2) is 29.1 Å². The monoisotopic (exact) mass is 306 g/mol. The molecule has 1 aliphatic heterocycles. The van der Waals surface area contributed by atoms with Gasteiger partial charge < -0.3 is 10.5 Å². The van der Waals surface area contributed by atoms with E-state index < -0.39 is 11.6 Å². The first kappa shape index (κ1) is 14.5. The van der Waals surface area contributed by atoms with Crippen LogP contribution in [0.15, 0.2) is 26.4 Å². The molecule has 1 aromatic heterocycles. The maximum atomic E-state index is 14.0. The Hall–Kier alpha value is -2.48. The van der Waals surface area contributed by atoms with E-state index in [-0.39, 0.29) is 22.6 Å². The highest BCUT2D eigenvalue weighted by molar-refractivity contribution is 5.95. The van der Waals surface area contributed by atoms with E-state index in [1.54, 1.807) is 6.07 Å². The smallest absolute Gasteiger partial charge is 0.395 e. The molecule has 0 radical (unpaired) electrons. The van der Waals surface area contributed by atoms with Crippen molar-refractivity contribution >= 4 is 17.1 Å². The largest absolute Gasteiger partial charge is 0.439 e. The average Bonchev–Trinajstić information content (AvgIpc) is 3.01. The van der Waals surface area contributed by atoms with Crippen LogP contribution in [0.25, 0.3) is 11.4 Å². The first-order valence-electron chi connectivity index (χ1n) is 6.68. The van der Waals surface area contributed by atoms with E-state index in [1.807, 2.05) is 13.8 Å². The van der Waals surface area contributed by atoms with Gasteiger partial charge in [-0.05, 0) is 12.1 Å². The number of ether oxygens (including phenoxy) is 1. The highest BCUT2D eigenvalue weighted by atomic mass is 19.1. The Balaban J connectivity index is 2.10. The molecule has 0 aliphatic carbocycles. The molecule has 8 heteroatoms. The minimum Gasteiger partial charge on any atom is -0.395 e. The van der Waals surface area contributed by atoms with Crippen LogP contribution < -0.4 is 11.5 Å². The molecule has 22 heavy (non-hydrogen) atoms. The van der Waals surface area contributed by atoms with Gasteiger partial charge in [-0.15, -0.1) is 0 Å². The predicted octanol–water partition coefficient (Wildman–Crippen LogP) is 1.88. The molecule has 0 bridgehead atoms. The van der Waals surface area contributed by atoms with Gasteiger partial charge in [0.1, 0.15) is 5.82 Å². The molecule has 0 amide bonds. The van der Waals surface area contributed by atoms with Crippen molar-refractivity contribution in [3.63, 3.8) is 0 Å². The first-order valence-corrected chi connectivity index (χ1v) is 6.68. The van der Waals surface area contributed by atoms with Gasteiger partial charge in [0.25, 0.3) is 0 Å². The summed E-state index contributed by atoms with van der Waals surface area (Å²) in [6.07, 6.45) is 0. The predicted molar refractivity (Wildman–Crippen MR) is 78.6 cm³/mol. The molecule has 2 aromatic rings. The zero-order chi connectivity index (χ0) is 15.9. The van der Waals surface area contributed by atoms with Crippen LogP contribution in [0.5, 0.6) is 0 Å². The minimum atomic E-state index is -0.717. The number of aliphatic imine (C=N–C) groups is 1. The summed E-state index contributed by atoms with van der Waals surface area (Å²) in [6, 6.07) is 2.72. The summed E-state index contributed by atoms with van der Waals surface area (Å²) in [5, 5.41) is 3.53. The molecular formula is C14H15FN4O3. The Labute approximate surface area is 125 Å². The molecule has 0 unspecified atom stereocenters. The third-order valence-corrected chi connectivity index (χ3v) is 3.56. The van der Waals surface area contributed by atoms with Crippen LogP contribution in [0.2, 0.25) is 0 Å². The van der Waals surface area contributed by atoms with Gasteiger partial charge in [-0.3, -0.25) is 14.5 Å². The number of aromatic nitrogens is 2. The maximum Gasteiger partial charge on any atom is 0.439 e. The van der Waals surface area contributed by atoms with Gasteiger partial charge in [0, 0.05) is 11.0 Å². The normalized spacial score (nSPS) is 19.0. The van der Waals surface area contributed by atoms with Crippen LogP contribution >= 0.6 is 0 Å². The number of halogens is 1. The van der Waals surface area contributed by atoms with Crippen molar-refractivity contribution in [3.8, 4) is 11.4 Å². The number of nitrogens with one attached hydrogen (secondary N) is 1. The lowest BCUT2D eigenvalue weighted by Gasteiger charge is -2.16. The Morgan fingerprint density at radius 2 is 2.23 bits per heavy atom. The lowest BCUT2D eigenvalue weighted by atomic mass is 9.91. The number of anilines is 1. The van der Waals surface area contributed by atoms with Gasteiger partial charge in [-0.1, -0.05) is 19.0 Å². The van der Waals surface area contributed by atoms with Gasteiger partial charge in [0.2, 0.25) is 0 Å². The van der Waals surface area contributed by atoms with Crippen molar-refractivity contribution in [1.29, 1.82) is 0 Å². The van der Waals surface area contributed by atoms with Crippen LogP contribution in [0.1, 0.15) is 13.8 Å². The number of benzene rings is 1. The highest BCUT2D eigenvalue weighted by Gasteiger charge is 2.31. The molecule has 1 aromatic carbocycles. The standard InChI is InChI=1S/C14H15FN4O3/c1-14(2)6-21-5-10(14)17-9-4-7(3-8(15)11(9)16)12-18-13(20)22-19-12/h3-4H,5-6,16H2,1-2H3,(H,18,19,20). The Morgan fingerprint density at radius 1 is 1.45 bits per heavy atom. The number of hydrogen-bond acceptors (Lipinski definition) is 6. The van der Waals surface area contributed by atoms with Crippen molar-refractivity contribution in [2.75, 3.05) is 18.9 Å². The topological polar surface area (TPSA) is 106 Å². The number of aromatic amines is 1. The highest BCUT2D eigenvalue weighted by Crippen LogP contribution is 2.33. The lowest BCUT2D eigenvalue weighted by Crippen LogP contribution is -2.21. The number of nitrogen functional groups attached to an aromatic ring is 1. The Morgan fingerprint density at radius 3 is 2.82 bits per heavy atom.